The first kappa shape index (κ1) is 12.5. The molecule has 0 fully saturated rings. The van der Waals surface area contributed by atoms with Crippen molar-refractivity contribution >= 4 is 11.7 Å². The van der Waals surface area contributed by atoms with Crippen molar-refractivity contribution in [3.8, 4) is 0 Å². The molecule has 0 saturated heterocycles. The predicted molar refractivity (Wildman–Crippen MR) is 60.8 cm³/mol. The Kier molecular flexibility index (Phi) is 4.28. The molecule has 0 bridgehead atoms. The summed E-state index contributed by atoms with van der Waals surface area (Å²) in [5, 5.41) is 2.89. The summed E-state index contributed by atoms with van der Waals surface area (Å²) < 4.78 is 17.9. The Morgan fingerprint density at radius 3 is 2.88 bits per heavy atom. The lowest BCUT2D eigenvalue weighted by Gasteiger charge is -2.12. The maximum atomic E-state index is 13.3. The molecule has 1 unspecified atom stereocenters. The lowest BCUT2D eigenvalue weighted by atomic mass is 10.1. The van der Waals surface area contributed by atoms with E-state index in [1.165, 1.54) is 13.2 Å². The van der Waals surface area contributed by atoms with Gasteiger partial charge in [0.25, 0.3) is 0 Å². The molecule has 0 aliphatic heterocycles. The maximum absolute atomic E-state index is 13.3. The van der Waals surface area contributed by atoms with E-state index in [0.717, 1.165) is 5.56 Å². The van der Waals surface area contributed by atoms with E-state index >= 15 is 0 Å². The summed E-state index contributed by atoms with van der Waals surface area (Å²) in [6.45, 7) is 3.97. The summed E-state index contributed by atoms with van der Waals surface area (Å²) in [6.07, 6.45) is 0. The smallest absolute Gasteiger partial charge is 0.310 e. The second-order valence-electron chi connectivity index (χ2n) is 3.79. The van der Waals surface area contributed by atoms with Crippen LogP contribution < -0.4 is 5.32 Å². The molecule has 0 aliphatic carbocycles. The van der Waals surface area contributed by atoms with Gasteiger partial charge >= 0.3 is 5.97 Å². The summed E-state index contributed by atoms with van der Waals surface area (Å²) >= 11 is 0. The summed E-state index contributed by atoms with van der Waals surface area (Å²) in [6, 6.07) is 4.81. The van der Waals surface area contributed by atoms with Crippen molar-refractivity contribution in [1.82, 2.24) is 0 Å². The number of nitrogens with one attached hydrogen (secondary N) is 1. The molecule has 1 aromatic rings. The van der Waals surface area contributed by atoms with Gasteiger partial charge in [-0.05, 0) is 24.6 Å². The number of methoxy groups -OCH3 is 1. The average molecular weight is 225 g/mol. The lowest BCUT2D eigenvalue weighted by molar-refractivity contribution is -0.144. The zero-order chi connectivity index (χ0) is 12.1. The van der Waals surface area contributed by atoms with Gasteiger partial charge in [0.15, 0.2) is 0 Å². The molecule has 4 heteroatoms. The fourth-order valence-corrected chi connectivity index (χ4v) is 1.32. The molecule has 0 spiro atoms. The van der Waals surface area contributed by atoms with E-state index in [-0.39, 0.29) is 17.7 Å². The molecular formula is C12H16FNO2. The number of benzene rings is 1. The maximum Gasteiger partial charge on any atom is 0.310 e. The van der Waals surface area contributed by atoms with Gasteiger partial charge in [-0.3, -0.25) is 4.79 Å². The number of halogens is 1. The summed E-state index contributed by atoms with van der Waals surface area (Å²) in [5.74, 6) is -0.923. The Labute approximate surface area is 94.6 Å². The standard InChI is InChI=1S/C12H16FNO2/c1-8-4-5-10(13)11(6-8)14-7-9(2)12(15)16-3/h4-6,9,14H,7H2,1-3H3. The Hall–Kier alpha value is -1.58. The van der Waals surface area contributed by atoms with Crippen molar-refractivity contribution in [2.24, 2.45) is 5.92 Å². The third-order valence-electron chi connectivity index (χ3n) is 2.32. The van der Waals surface area contributed by atoms with Gasteiger partial charge < -0.3 is 10.1 Å². The molecule has 1 atom stereocenters. The number of ether oxygens (including phenoxy) is 1. The lowest BCUT2D eigenvalue weighted by Crippen LogP contribution is -2.21. The van der Waals surface area contributed by atoms with Crippen LogP contribution in [0.3, 0.4) is 0 Å². The minimum absolute atomic E-state index is 0.301. The van der Waals surface area contributed by atoms with Crippen molar-refractivity contribution in [3.63, 3.8) is 0 Å². The van der Waals surface area contributed by atoms with Crippen LogP contribution in [0.15, 0.2) is 18.2 Å². The topological polar surface area (TPSA) is 38.3 Å². The van der Waals surface area contributed by atoms with Crippen molar-refractivity contribution in [2.45, 2.75) is 13.8 Å². The fourth-order valence-electron chi connectivity index (χ4n) is 1.32. The van der Waals surface area contributed by atoms with E-state index in [1.807, 2.05) is 6.92 Å². The molecule has 0 saturated carbocycles. The number of aryl methyl sites for hydroxylation is 1. The second kappa shape index (κ2) is 5.49. The van der Waals surface area contributed by atoms with Crippen LogP contribution in [-0.4, -0.2) is 19.6 Å². The summed E-state index contributed by atoms with van der Waals surface area (Å²) in [7, 11) is 1.34. The Bertz CT molecular complexity index is 379. The summed E-state index contributed by atoms with van der Waals surface area (Å²) in [4.78, 5) is 11.1. The number of carbonyl (C=O) groups excluding carboxylic acids is 1. The first-order valence-corrected chi connectivity index (χ1v) is 5.12. The van der Waals surface area contributed by atoms with E-state index in [9.17, 15) is 9.18 Å². The molecule has 88 valence electrons. The Morgan fingerprint density at radius 2 is 2.25 bits per heavy atom. The van der Waals surface area contributed by atoms with Crippen LogP contribution in [0.5, 0.6) is 0 Å². The first-order chi connectivity index (χ1) is 7.54. The van der Waals surface area contributed by atoms with Gasteiger partial charge in [0.2, 0.25) is 0 Å². The molecular weight excluding hydrogens is 209 g/mol. The molecule has 0 aromatic heterocycles. The van der Waals surface area contributed by atoms with Gasteiger partial charge in [-0.2, -0.15) is 0 Å². The molecule has 16 heavy (non-hydrogen) atoms. The minimum Gasteiger partial charge on any atom is -0.469 e. The van der Waals surface area contributed by atoms with Crippen LogP contribution in [0, 0.1) is 18.7 Å². The largest absolute Gasteiger partial charge is 0.469 e. The quantitative estimate of drug-likeness (QED) is 0.799. The predicted octanol–water partition coefficient (Wildman–Crippen LogP) is 2.36. The Morgan fingerprint density at radius 1 is 1.56 bits per heavy atom. The number of esters is 1. The molecule has 1 N–H and O–H groups in total. The normalized spacial score (nSPS) is 12.0. The van der Waals surface area contributed by atoms with Crippen LogP contribution in [0.2, 0.25) is 0 Å². The SMILES string of the molecule is COC(=O)C(C)CNc1cc(C)ccc1F. The zero-order valence-electron chi connectivity index (χ0n) is 9.71. The highest BCUT2D eigenvalue weighted by molar-refractivity contribution is 5.72. The molecule has 3 nitrogen and oxygen atoms in total. The van der Waals surface area contributed by atoms with Gasteiger partial charge in [0, 0.05) is 6.54 Å². The monoisotopic (exact) mass is 225 g/mol. The van der Waals surface area contributed by atoms with Crippen LogP contribution in [0.4, 0.5) is 10.1 Å². The van der Waals surface area contributed by atoms with Crippen LogP contribution in [-0.2, 0) is 9.53 Å². The van der Waals surface area contributed by atoms with Gasteiger partial charge in [0.1, 0.15) is 5.82 Å². The van der Waals surface area contributed by atoms with Crippen molar-refractivity contribution in [3.05, 3.63) is 29.6 Å². The van der Waals surface area contributed by atoms with Gasteiger partial charge in [-0.15, -0.1) is 0 Å². The van der Waals surface area contributed by atoms with E-state index in [4.69, 9.17) is 0 Å². The van der Waals surface area contributed by atoms with Crippen LogP contribution >= 0.6 is 0 Å². The molecule has 0 heterocycles. The number of rotatable bonds is 4. The molecule has 0 amide bonds. The fraction of sp³-hybridized carbons (Fsp3) is 0.417. The highest BCUT2D eigenvalue weighted by Crippen LogP contribution is 2.16. The molecule has 1 rings (SSSR count). The van der Waals surface area contributed by atoms with Gasteiger partial charge in [-0.25, -0.2) is 4.39 Å². The second-order valence-corrected chi connectivity index (χ2v) is 3.79. The van der Waals surface area contributed by atoms with Gasteiger partial charge in [0.05, 0.1) is 18.7 Å². The first-order valence-electron chi connectivity index (χ1n) is 5.12. The Balaban J connectivity index is 2.60. The number of anilines is 1. The summed E-state index contributed by atoms with van der Waals surface area (Å²) in [5.41, 5.74) is 1.38. The van der Waals surface area contributed by atoms with E-state index in [0.29, 0.717) is 12.2 Å². The van der Waals surface area contributed by atoms with E-state index in [1.54, 1.807) is 19.1 Å². The van der Waals surface area contributed by atoms with Crippen molar-refractivity contribution < 1.29 is 13.9 Å². The van der Waals surface area contributed by atoms with Crippen LogP contribution in [0.25, 0.3) is 0 Å². The number of hydrogen-bond acceptors (Lipinski definition) is 3. The van der Waals surface area contributed by atoms with E-state index < -0.39 is 0 Å². The zero-order valence-corrected chi connectivity index (χ0v) is 9.71. The van der Waals surface area contributed by atoms with Crippen LogP contribution in [0.1, 0.15) is 12.5 Å². The highest BCUT2D eigenvalue weighted by atomic mass is 19.1. The van der Waals surface area contributed by atoms with Crippen molar-refractivity contribution in [2.75, 3.05) is 19.0 Å². The number of carbonyl (C=O) groups is 1. The molecule has 0 radical (unpaired) electrons. The third-order valence-corrected chi connectivity index (χ3v) is 2.32. The molecule has 0 aliphatic rings. The number of hydrogen-bond donors (Lipinski definition) is 1. The van der Waals surface area contributed by atoms with Gasteiger partial charge in [-0.1, -0.05) is 13.0 Å². The van der Waals surface area contributed by atoms with Crippen molar-refractivity contribution in [1.29, 1.82) is 0 Å². The average Bonchev–Trinajstić information content (AvgIpc) is 2.28. The minimum atomic E-state index is -0.317. The third kappa shape index (κ3) is 3.22. The van der Waals surface area contributed by atoms with E-state index in [2.05, 4.69) is 10.1 Å². The molecule has 1 aromatic carbocycles. The highest BCUT2D eigenvalue weighted by Gasteiger charge is 2.13.